The first-order valence-electron chi connectivity index (χ1n) is 9.75. The third-order valence-corrected chi connectivity index (χ3v) is 6.16. The summed E-state index contributed by atoms with van der Waals surface area (Å²) in [5.74, 6) is 2.28. The van der Waals surface area contributed by atoms with E-state index >= 15 is 0 Å². The van der Waals surface area contributed by atoms with Gasteiger partial charge < -0.3 is 29.2 Å². The molecule has 3 aliphatic heterocycles. The van der Waals surface area contributed by atoms with Gasteiger partial charge in [-0.25, -0.2) is 0 Å². The summed E-state index contributed by atoms with van der Waals surface area (Å²) in [4.78, 5) is 0. The molecule has 6 nitrogen and oxygen atoms in total. The van der Waals surface area contributed by atoms with Crippen LogP contribution in [0, 0.1) is 11.8 Å². The zero-order valence-corrected chi connectivity index (χ0v) is 15.8. The van der Waals surface area contributed by atoms with Crippen molar-refractivity contribution in [3.05, 3.63) is 47.0 Å². The fraction of sp³-hybridized carbons (Fsp3) is 0.455. The SMILES string of the molecule is COc1ccc2c(c1)[C@@H](O)[C@@H]([C@H]1COc3ccc4c(c3[C@@H]1O)CCCO4)CO2. The van der Waals surface area contributed by atoms with E-state index in [1.165, 1.54) is 0 Å². The third kappa shape index (κ3) is 2.71. The number of benzene rings is 2. The van der Waals surface area contributed by atoms with Crippen LogP contribution < -0.4 is 18.9 Å². The van der Waals surface area contributed by atoms with Crippen molar-refractivity contribution >= 4 is 0 Å². The number of aliphatic hydroxyl groups is 2. The maximum atomic E-state index is 11.3. The highest BCUT2D eigenvalue weighted by Gasteiger charge is 2.43. The molecule has 2 aromatic rings. The Morgan fingerprint density at radius 2 is 1.61 bits per heavy atom. The van der Waals surface area contributed by atoms with E-state index in [2.05, 4.69) is 0 Å². The van der Waals surface area contributed by atoms with E-state index in [4.69, 9.17) is 18.9 Å². The van der Waals surface area contributed by atoms with E-state index in [1.54, 1.807) is 13.2 Å². The molecule has 0 bridgehead atoms. The molecule has 0 saturated carbocycles. The Balaban J connectivity index is 1.48. The van der Waals surface area contributed by atoms with Crippen LogP contribution in [0.3, 0.4) is 0 Å². The van der Waals surface area contributed by atoms with Crippen LogP contribution in [-0.4, -0.2) is 37.1 Å². The minimum atomic E-state index is -0.764. The fourth-order valence-electron chi connectivity index (χ4n) is 4.63. The van der Waals surface area contributed by atoms with Crippen LogP contribution in [0.1, 0.15) is 35.3 Å². The molecule has 0 aromatic heterocycles. The molecule has 0 fully saturated rings. The van der Waals surface area contributed by atoms with Crippen molar-refractivity contribution in [2.45, 2.75) is 25.0 Å². The average Bonchev–Trinajstić information content (AvgIpc) is 2.74. The summed E-state index contributed by atoms with van der Waals surface area (Å²) >= 11 is 0. The molecule has 0 spiro atoms. The van der Waals surface area contributed by atoms with Crippen LogP contribution in [0.15, 0.2) is 30.3 Å². The zero-order chi connectivity index (χ0) is 19.3. The van der Waals surface area contributed by atoms with Gasteiger partial charge in [0, 0.05) is 28.5 Å². The Hall–Kier alpha value is -2.44. The standard InChI is InChI=1S/C22H24O6/c1-25-12-4-5-18-14(9-12)21(23)15(10-27-18)16-11-28-19-7-6-17-13(3-2-8-26-17)20(19)22(16)24/h4-7,9,15-16,21-24H,2-3,8,10-11H2,1H3/t15-,16-,21-,22-/m1/s1. The van der Waals surface area contributed by atoms with E-state index in [1.807, 2.05) is 24.3 Å². The van der Waals surface area contributed by atoms with Gasteiger partial charge >= 0.3 is 0 Å². The number of ether oxygens (including phenoxy) is 4. The Bertz CT molecular complexity index is 895. The predicted molar refractivity (Wildman–Crippen MR) is 101 cm³/mol. The molecule has 3 heterocycles. The summed E-state index contributed by atoms with van der Waals surface area (Å²) in [6.07, 6.45) is 0.272. The van der Waals surface area contributed by atoms with Crippen molar-refractivity contribution in [2.75, 3.05) is 26.9 Å². The number of fused-ring (bicyclic) bond motifs is 4. The van der Waals surface area contributed by atoms with Crippen molar-refractivity contribution in [1.82, 2.24) is 0 Å². The minimum absolute atomic E-state index is 0.282. The lowest BCUT2D eigenvalue weighted by atomic mass is 9.76. The Morgan fingerprint density at radius 1 is 0.893 bits per heavy atom. The highest BCUT2D eigenvalue weighted by molar-refractivity contribution is 5.52. The Labute approximate surface area is 163 Å². The minimum Gasteiger partial charge on any atom is -0.497 e. The molecule has 2 aromatic carbocycles. The van der Waals surface area contributed by atoms with Gasteiger partial charge in [0.25, 0.3) is 0 Å². The molecule has 4 atom stereocenters. The molecular formula is C22H24O6. The Kier molecular flexibility index (Phi) is 4.33. The first-order valence-corrected chi connectivity index (χ1v) is 9.75. The second-order valence-corrected chi connectivity index (χ2v) is 7.65. The van der Waals surface area contributed by atoms with Crippen molar-refractivity contribution in [2.24, 2.45) is 11.8 Å². The summed E-state index contributed by atoms with van der Waals surface area (Å²) < 4.78 is 22.9. The second kappa shape index (κ2) is 6.87. The summed E-state index contributed by atoms with van der Waals surface area (Å²) in [6.45, 7) is 1.35. The van der Waals surface area contributed by atoms with Crippen LogP contribution in [0.4, 0.5) is 0 Å². The lowest BCUT2D eigenvalue weighted by Crippen LogP contribution is -2.40. The average molecular weight is 384 g/mol. The molecule has 28 heavy (non-hydrogen) atoms. The van der Waals surface area contributed by atoms with Crippen LogP contribution in [0.5, 0.6) is 23.0 Å². The van der Waals surface area contributed by atoms with Crippen molar-refractivity contribution in [3.63, 3.8) is 0 Å². The molecule has 0 radical (unpaired) electrons. The molecule has 0 saturated heterocycles. The van der Waals surface area contributed by atoms with Crippen LogP contribution >= 0.6 is 0 Å². The largest absolute Gasteiger partial charge is 0.497 e. The summed E-state index contributed by atoms with van der Waals surface area (Å²) in [5.41, 5.74) is 2.51. The van der Waals surface area contributed by atoms with Crippen molar-refractivity contribution < 1.29 is 29.2 Å². The van der Waals surface area contributed by atoms with E-state index < -0.39 is 12.2 Å². The lowest BCUT2D eigenvalue weighted by Gasteiger charge is -2.41. The van der Waals surface area contributed by atoms with Gasteiger partial charge in [0.2, 0.25) is 0 Å². The Morgan fingerprint density at radius 3 is 2.43 bits per heavy atom. The van der Waals surface area contributed by atoms with Crippen LogP contribution in [-0.2, 0) is 6.42 Å². The van der Waals surface area contributed by atoms with Gasteiger partial charge in [-0.3, -0.25) is 0 Å². The third-order valence-electron chi connectivity index (χ3n) is 6.16. The van der Waals surface area contributed by atoms with Gasteiger partial charge in [-0.2, -0.15) is 0 Å². The van der Waals surface area contributed by atoms with Gasteiger partial charge in [-0.05, 0) is 43.2 Å². The first-order chi connectivity index (χ1) is 13.7. The molecule has 3 aliphatic rings. The molecule has 0 amide bonds. The maximum absolute atomic E-state index is 11.3. The number of hydrogen-bond acceptors (Lipinski definition) is 6. The van der Waals surface area contributed by atoms with Gasteiger partial charge in [0.05, 0.1) is 39.1 Å². The number of aliphatic hydroxyl groups excluding tert-OH is 2. The first kappa shape index (κ1) is 17.6. The molecule has 0 unspecified atom stereocenters. The van der Waals surface area contributed by atoms with Crippen LogP contribution in [0.2, 0.25) is 0 Å². The molecular weight excluding hydrogens is 360 g/mol. The number of methoxy groups -OCH3 is 1. The van der Waals surface area contributed by atoms with E-state index in [0.29, 0.717) is 42.6 Å². The molecule has 2 N–H and O–H groups in total. The lowest BCUT2D eigenvalue weighted by molar-refractivity contribution is -0.0557. The maximum Gasteiger partial charge on any atom is 0.125 e. The smallest absolute Gasteiger partial charge is 0.125 e. The van der Waals surface area contributed by atoms with Gasteiger partial charge in [-0.1, -0.05) is 0 Å². The highest BCUT2D eigenvalue weighted by Crippen LogP contribution is 2.49. The van der Waals surface area contributed by atoms with Crippen molar-refractivity contribution in [3.8, 4) is 23.0 Å². The van der Waals surface area contributed by atoms with E-state index in [-0.39, 0.29) is 11.8 Å². The van der Waals surface area contributed by atoms with Crippen molar-refractivity contribution in [1.29, 1.82) is 0 Å². The summed E-state index contributed by atoms with van der Waals surface area (Å²) in [7, 11) is 1.59. The van der Waals surface area contributed by atoms with Gasteiger partial charge in [0.15, 0.2) is 0 Å². The van der Waals surface area contributed by atoms with Gasteiger partial charge in [-0.15, -0.1) is 0 Å². The summed E-state index contributed by atoms with van der Waals surface area (Å²) in [5, 5.41) is 22.3. The zero-order valence-electron chi connectivity index (χ0n) is 15.8. The predicted octanol–water partition coefficient (Wildman–Crippen LogP) is 2.80. The summed E-state index contributed by atoms with van der Waals surface area (Å²) in [6, 6.07) is 9.21. The molecule has 6 heteroatoms. The highest BCUT2D eigenvalue weighted by atomic mass is 16.5. The topological polar surface area (TPSA) is 77.4 Å². The monoisotopic (exact) mass is 384 g/mol. The molecule has 148 valence electrons. The second-order valence-electron chi connectivity index (χ2n) is 7.65. The molecule has 0 aliphatic carbocycles. The fourth-order valence-corrected chi connectivity index (χ4v) is 4.63. The van der Waals surface area contributed by atoms with E-state index in [9.17, 15) is 10.2 Å². The quantitative estimate of drug-likeness (QED) is 0.829. The van der Waals surface area contributed by atoms with Crippen LogP contribution in [0.25, 0.3) is 0 Å². The number of rotatable bonds is 2. The van der Waals surface area contributed by atoms with E-state index in [0.717, 1.165) is 29.7 Å². The van der Waals surface area contributed by atoms with Gasteiger partial charge in [0.1, 0.15) is 23.0 Å². The molecule has 5 rings (SSSR count). The normalized spacial score (nSPS) is 28.0. The number of hydrogen-bond donors (Lipinski definition) is 2.